The minimum absolute atomic E-state index is 0.00813. The standard InChI is InChI=1S/C13H10ClNO4S/c1-8-6-9(15(17)18)2-3-11(8)19-7-10(16)12-4-5-13(14)20-12/h2-6H,7H2,1H3. The first-order valence-electron chi connectivity index (χ1n) is 5.64. The summed E-state index contributed by atoms with van der Waals surface area (Å²) in [6.45, 7) is 1.56. The number of rotatable bonds is 5. The summed E-state index contributed by atoms with van der Waals surface area (Å²) in [5, 5.41) is 10.6. The fourth-order valence-corrected chi connectivity index (χ4v) is 2.56. The summed E-state index contributed by atoms with van der Waals surface area (Å²) < 4.78 is 5.93. The van der Waals surface area contributed by atoms with E-state index in [0.29, 0.717) is 20.5 Å². The summed E-state index contributed by atoms with van der Waals surface area (Å²) in [6.07, 6.45) is 0. The van der Waals surface area contributed by atoms with Crippen LogP contribution in [0, 0.1) is 17.0 Å². The Labute approximate surface area is 123 Å². The predicted octanol–water partition coefficient (Wildman–Crippen LogP) is 3.88. The molecule has 5 nitrogen and oxygen atoms in total. The van der Waals surface area contributed by atoms with E-state index in [1.54, 1.807) is 19.1 Å². The Bertz CT molecular complexity index is 668. The Balaban J connectivity index is 2.04. The van der Waals surface area contributed by atoms with Crippen LogP contribution in [0.15, 0.2) is 30.3 Å². The van der Waals surface area contributed by atoms with E-state index in [2.05, 4.69) is 0 Å². The molecule has 0 aliphatic rings. The van der Waals surface area contributed by atoms with Crippen molar-refractivity contribution in [3.8, 4) is 5.75 Å². The second-order valence-corrected chi connectivity index (χ2v) is 5.74. The van der Waals surface area contributed by atoms with Gasteiger partial charge < -0.3 is 4.74 Å². The lowest BCUT2D eigenvalue weighted by molar-refractivity contribution is -0.384. The number of nitrogens with zero attached hydrogens (tertiary/aromatic N) is 1. The fourth-order valence-electron chi connectivity index (χ4n) is 1.59. The molecule has 1 aromatic heterocycles. The number of ketones is 1. The van der Waals surface area contributed by atoms with Gasteiger partial charge in [0.05, 0.1) is 14.1 Å². The number of carbonyl (C=O) groups is 1. The van der Waals surface area contributed by atoms with E-state index in [1.165, 1.54) is 29.5 Å². The maximum atomic E-state index is 11.8. The van der Waals surface area contributed by atoms with Gasteiger partial charge in [0, 0.05) is 12.1 Å². The summed E-state index contributed by atoms with van der Waals surface area (Å²) in [4.78, 5) is 22.5. The molecule has 0 bridgehead atoms. The maximum absolute atomic E-state index is 11.8. The number of hydrogen-bond acceptors (Lipinski definition) is 5. The molecule has 104 valence electrons. The van der Waals surface area contributed by atoms with Gasteiger partial charge >= 0.3 is 0 Å². The maximum Gasteiger partial charge on any atom is 0.269 e. The van der Waals surface area contributed by atoms with Crippen LogP contribution >= 0.6 is 22.9 Å². The minimum atomic E-state index is -0.477. The fraction of sp³-hybridized carbons (Fsp3) is 0.154. The lowest BCUT2D eigenvalue weighted by Gasteiger charge is -2.07. The van der Waals surface area contributed by atoms with Crippen LogP contribution in [0.25, 0.3) is 0 Å². The number of ether oxygens (including phenoxy) is 1. The third kappa shape index (κ3) is 3.34. The highest BCUT2D eigenvalue weighted by atomic mass is 35.5. The van der Waals surface area contributed by atoms with Crippen molar-refractivity contribution in [1.82, 2.24) is 0 Å². The molecule has 0 saturated carbocycles. The van der Waals surface area contributed by atoms with Crippen LogP contribution in [0.3, 0.4) is 0 Å². The molecule has 7 heteroatoms. The zero-order valence-electron chi connectivity index (χ0n) is 10.5. The summed E-state index contributed by atoms with van der Waals surface area (Å²) in [5.41, 5.74) is 0.599. The molecule has 0 fully saturated rings. The zero-order valence-corrected chi connectivity index (χ0v) is 12.0. The lowest BCUT2D eigenvalue weighted by Crippen LogP contribution is -2.10. The molecular weight excluding hydrogens is 302 g/mol. The van der Waals surface area contributed by atoms with E-state index >= 15 is 0 Å². The molecule has 0 radical (unpaired) electrons. The summed E-state index contributed by atoms with van der Waals surface area (Å²) in [7, 11) is 0. The van der Waals surface area contributed by atoms with Crippen molar-refractivity contribution in [2.24, 2.45) is 0 Å². The number of benzene rings is 1. The van der Waals surface area contributed by atoms with Gasteiger partial charge in [0.2, 0.25) is 5.78 Å². The summed E-state index contributed by atoms with van der Waals surface area (Å²) in [5.74, 6) is 0.270. The molecular formula is C13H10ClNO4S. The highest BCUT2D eigenvalue weighted by molar-refractivity contribution is 7.18. The van der Waals surface area contributed by atoms with Crippen molar-refractivity contribution in [2.45, 2.75) is 6.92 Å². The van der Waals surface area contributed by atoms with Crippen molar-refractivity contribution in [3.63, 3.8) is 0 Å². The molecule has 0 atom stereocenters. The predicted molar refractivity (Wildman–Crippen MR) is 77.0 cm³/mol. The first-order valence-corrected chi connectivity index (χ1v) is 6.83. The van der Waals surface area contributed by atoms with E-state index in [0.717, 1.165) is 0 Å². The third-order valence-corrected chi connectivity index (χ3v) is 3.85. The van der Waals surface area contributed by atoms with Gasteiger partial charge in [-0.15, -0.1) is 11.3 Å². The van der Waals surface area contributed by atoms with Gasteiger partial charge in [-0.25, -0.2) is 0 Å². The van der Waals surface area contributed by atoms with Crippen molar-refractivity contribution in [3.05, 3.63) is 55.2 Å². The van der Waals surface area contributed by atoms with E-state index in [9.17, 15) is 14.9 Å². The Hall–Kier alpha value is -1.92. The molecule has 2 aromatic rings. The number of nitro groups is 1. The van der Waals surface area contributed by atoms with Crippen LogP contribution in [0.2, 0.25) is 4.34 Å². The molecule has 0 saturated heterocycles. The first-order chi connectivity index (χ1) is 9.47. The van der Waals surface area contributed by atoms with Crippen LogP contribution < -0.4 is 4.74 Å². The number of non-ortho nitro benzene ring substituents is 1. The number of carbonyl (C=O) groups excluding carboxylic acids is 1. The smallest absolute Gasteiger partial charge is 0.269 e. The SMILES string of the molecule is Cc1cc([N+](=O)[O-])ccc1OCC(=O)c1ccc(Cl)s1. The number of hydrogen-bond donors (Lipinski definition) is 0. The zero-order chi connectivity index (χ0) is 14.7. The van der Waals surface area contributed by atoms with Gasteiger partial charge in [-0.1, -0.05) is 11.6 Å². The van der Waals surface area contributed by atoms with Gasteiger partial charge in [-0.3, -0.25) is 14.9 Å². The Morgan fingerprint density at radius 1 is 1.40 bits per heavy atom. The molecule has 2 rings (SSSR count). The highest BCUT2D eigenvalue weighted by Crippen LogP contribution is 2.25. The van der Waals surface area contributed by atoms with Crippen molar-refractivity contribution in [2.75, 3.05) is 6.61 Å². The Kier molecular flexibility index (Phi) is 4.36. The van der Waals surface area contributed by atoms with Crippen LogP contribution in [0.5, 0.6) is 5.75 Å². The monoisotopic (exact) mass is 311 g/mol. The molecule has 1 heterocycles. The average molecular weight is 312 g/mol. The van der Waals surface area contributed by atoms with Crippen molar-refractivity contribution < 1.29 is 14.5 Å². The van der Waals surface area contributed by atoms with E-state index in [4.69, 9.17) is 16.3 Å². The number of halogens is 1. The summed E-state index contributed by atoms with van der Waals surface area (Å²) >= 11 is 6.94. The molecule has 20 heavy (non-hydrogen) atoms. The highest BCUT2D eigenvalue weighted by Gasteiger charge is 2.12. The second kappa shape index (κ2) is 6.02. The molecule has 0 spiro atoms. The largest absolute Gasteiger partial charge is 0.485 e. The molecule has 0 N–H and O–H groups in total. The van der Waals surface area contributed by atoms with Gasteiger partial charge in [0.1, 0.15) is 5.75 Å². The second-order valence-electron chi connectivity index (χ2n) is 4.02. The molecule has 0 unspecified atom stereocenters. The van der Waals surface area contributed by atoms with Crippen LogP contribution in [0.1, 0.15) is 15.2 Å². The number of thiophene rings is 1. The quantitative estimate of drug-likeness (QED) is 0.477. The van der Waals surface area contributed by atoms with Crippen LogP contribution in [0.4, 0.5) is 5.69 Å². The minimum Gasteiger partial charge on any atom is -0.485 e. The number of nitro benzene ring substituents is 1. The topological polar surface area (TPSA) is 69.4 Å². The van der Waals surface area contributed by atoms with Gasteiger partial charge in [-0.05, 0) is 30.7 Å². The third-order valence-electron chi connectivity index (χ3n) is 2.58. The van der Waals surface area contributed by atoms with Gasteiger partial charge in [0.15, 0.2) is 6.61 Å². The Morgan fingerprint density at radius 3 is 2.70 bits per heavy atom. The van der Waals surface area contributed by atoms with Gasteiger partial charge in [-0.2, -0.15) is 0 Å². The van der Waals surface area contributed by atoms with Crippen LogP contribution in [-0.4, -0.2) is 17.3 Å². The molecule has 1 aromatic carbocycles. The van der Waals surface area contributed by atoms with Crippen LogP contribution in [-0.2, 0) is 0 Å². The number of Topliss-reactive ketones (excluding diaryl/α,β-unsaturated/α-hetero) is 1. The summed E-state index contributed by atoms with van der Waals surface area (Å²) in [6, 6.07) is 7.52. The van der Waals surface area contributed by atoms with Crippen molar-refractivity contribution >= 4 is 34.4 Å². The molecule has 0 amide bonds. The lowest BCUT2D eigenvalue weighted by atomic mass is 10.2. The van der Waals surface area contributed by atoms with Gasteiger partial charge in [0.25, 0.3) is 5.69 Å². The molecule has 0 aliphatic heterocycles. The van der Waals surface area contributed by atoms with E-state index < -0.39 is 4.92 Å². The normalized spacial score (nSPS) is 10.3. The Morgan fingerprint density at radius 2 is 2.15 bits per heavy atom. The van der Waals surface area contributed by atoms with Crippen molar-refractivity contribution in [1.29, 1.82) is 0 Å². The first kappa shape index (κ1) is 14.5. The van der Waals surface area contributed by atoms with E-state index in [-0.39, 0.29) is 18.1 Å². The molecule has 0 aliphatic carbocycles. The average Bonchev–Trinajstić information content (AvgIpc) is 2.83. The number of aryl methyl sites for hydroxylation is 1. The van der Waals surface area contributed by atoms with E-state index in [1.807, 2.05) is 0 Å².